The fraction of sp³-hybridized carbons (Fsp3) is 0.115. The molecule has 7 heteroatoms. The van der Waals surface area contributed by atoms with E-state index in [1.54, 1.807) is 7.11 Å². The van der Waals surface area contributed by atoms with Gasteiger partial charge >= 0.3 is 0 Å². The highest BCUT2D eigenvalue weighted by Crippen LogP contribution is 2.29. The molecule has 0 amide bonds. The van der Waals surface area contributed by atoms with Crippen molar-refractivity contribution >= 4 is 22.4 Å². The van der Waals surface area contributed by atoms with E-state index in [0.29, 0.717) is 33.4 Å². The second-order valence-corrected chi connectivity index (χ2v) is 8.55. The van der Waals surface area contributed by atoms with E-state index in [1.165, 1.54) is 15.9 Å². The summed E-state index contributed by atoms with van der Waals surface area (Å²) in [7, 11) is 1.60. The number of aromatic nitrogens is 3. The molecule has 0 N–H and O–H groups in total. The Bertz CT molecular complexity index is 1540. The second-order valence-electron chi connectivity index (χ2n) is 7.55. The molecule has 0 atom stereocenters. The summed E-state index contributed by atoms with van der Waals surface area (Å²) in [6.07, 6.45) is 1.82. The lowest BCUT2D eigenvalue weighted by Gasteiger charge is -2.11. The third kappa shape index (κ3) is 4.23. The maximum Gasteiger partial charge on any atom is 0.291 e. The van der Waals surface area contributed by atoms with E-state index in [9.17, 15) is 4.79 Å². The van der Waals surface area contributed by atoms with Gasteiger partial charge in [-0.05, 0) is 41.8 Å². The minimum absolute atomic E-state index is 0.189. The Morgan fingerprint density at radius 3 is 2.55 bits per heavy atom. The molecule has 0 fully saturated rings. The molecule has 0 aliphatic carbocycles. The van der Waals surface area contributed by atoms with Gasteiger partial charge in [-0.2, -0.15) is 9.50 Å². The summed E-state index contributed by atoms with van der Waals surface area (Å²) in [6, 6.07) is 23.4. The number of aryl methyl sites for hydroxylation is 1. The molecule has 5 aromatic rings. The first kappa shape index (κ1) is 20.9. The number of hydrogen-bond donors (Lipinski definition) is 0. The van der Waals surface area contributed by atoms with Crippen LogP contribution in [-0.2, 0) is 6.61 Å². The molecule has 164 valence electrons. The number of nitrogens with zero attached hydrogens (tertiary/aromatic N) is 3. The number of hydrogen-bond acceptors (Lipinski definition) is 6. The van der Waals surface area contributed by atoms with Crippen molar-refractivity contribution in [2.75, 3.05) is 7.11 Å². The Hall–Kier alpha value is -3.97. The van der Waals surface area contributed by atoms with Crippen LogP contribution in [0.3, 0.4) is 0 Å². The van der Waals surface area contributed by atoms with E-state index in [1.807, 2.05) is 85.8 Å². The highest BCUT2D eigenvalue weighted by molar-refractivity contribution is 7.15. The van der Waals surface area contributed by atoms with Gasteiger partial charge < -0.3 is 9.47 Å². The Kier molecular flexibility index (Phi) is 5.62. The van der Waals surface area contributed by atoms with E-state index in [0.717, 1.165) is 22.3 Å². The van der Waals surface area contributed by atoms with Crippen LogP contribution in [0.1, 0.15) is 16.7 Å². The van der Waals surface area contributed by atoms with Crippen LogP contribution in [0.15, 0.2) is 77.6 Å². The summed E-state index contributed by atoms with van der Waals surface area (Å²) in [5, 5.41) is 4.45. The largest absolute Gasteiger partial charge is 0.493 e. The molecular weight excluding hydrogens is 434 g/mol. The van der Waals surface area contributed by atoms with Crippen molar-refractivity contribution in [2.24, 2.45) is 0 Å². The van der Waals surface area contributed by atoms with Crippen LogP contribution >= 0.6 is 11.3 Å². The molecule has 2 heterocycles. The lowest BCUT2D eigenvalue weighted by Crippen LogP contribution is -2.23. The highest BCUT2D eigenvalue weighted by Gasteiger charge is 2.13. The van der Waals surface area contributed by atoms with Crippen LogP contribution < -0.4 is 19.6 Å². The summed E-state index contributed by atoms with van der Waals surface area (Å²) in [6.45, 7) is 2.45. The molecule has 0 saturated carbocycles. The van der Waals surface area contributed by atoms with Gasteiger partial charge in [0.05, 0.1) is 11.6 Å². The van der Waals surface area contributed by atoms with Crippen LogP contribution in [0.4, 0.5) is 0 Å². The fourth-order valence-corrected chi connectivity index (χ4v) is 4.46. The number of fused-ring (bicyclic) bond motifs is 1. The van der Waals surface area contributed by atoms with Crippen molar-refractivity contribution in [3.63, 3.8) is 0 Å². The van der Waals surface area contributed by atoms with E-state index >= 15 is 0 Å². The molecule has 0 aliphatic heterocycles. The Morgan fingerprint density at radius 2 is 1.79 bits per heavy atom. The molecule has 0 spiro atoms. The predicted octanol–water partition coefficient (Wildman–Crippen LogP) is 4.26. The van der Waals surface area contributed by atoms with Gasteiger partial charge in [-0.3, -0.25) is 4.79 Å². The third-order valence-electron chi connectivity index (χ3n) is 5.29. The summed E-state index contributed by atoms with van der Waals surface area (Å²) < 4.78 is 13.4. The van der Waals surface area contributed by atoms with Crippen molar-refractivity contribution < 1.29 is 9.47 Å². The van der Waals surface area contributed by atoms with Crippen LogP contribution in [0, 0.1) is 6.92 Å². The molecule has 0 bridgehead atoms. The van der Waals surface area contributed by atoms with Crippen LogP contribution in [0.5, 0.6) is 11.5 Å². The molecule has 5 rings (SSSR count). The van der Waals surface area contributed by atoms with Crippen molar-refractivity contribution in [3.8, 4) is 22.9 Å². The SMILES string of the molecule is COc1cc(/C=c2/sc3nc(-c4ccccc4C)nn3c2=O)ccc1OCc1ccccc1. The fourth-order valence-electron chi connectivity index (χ4n) is 3.55. The number of benzene rings is 3. The standard InChI is InChI=1S/C26H21N3O3S/c1-17-8-6-7-11-20(17)24-27-26-29(28-24)25(30)23(33-26)15-19-12-13-21(22(14-19)31-2)32-16-18-9-4-3-5-10-18/h3-15H,16H2,1-2H3/b23-15+. The number of methoxy groups -OCH3 is 1. The Balaban J connectivity index is 1.44. The molecular formula is C26H21N3O3S. The number of ether oxygens (including phenoxy) is 2. The Morgan fingerprint density at radius 1 is 1.00 bits per heavy atom. The smallest absolute Gasteiger partial charge is 0.291 e. The average molecular weight is 456 g/mol. The van der Waals surface area contributed by atoms with Crippen LogP contribution in [0.25, 0.3) is 22.4 Å². The van der Waals surface area contributed by atoms with Crippen LogP contribution in [0.2, 0.25) is 0 Å². The van der Waals surface area contributed by atoms with Gasteiger partial charge in [0, 0.05) is 5.56 Å². The minimum atomic E-state index is -0.189. The van der Waals surface area contributed by atoms with E-state index < -0.39 is 0 Å². The van der Waals surface area contributed by atoms with E-state index in [2.05, 4.69) is 10.1 Å². The average Bonchev–Trinajstić information content (AvgIpc) is 3.38. The number of thiazole rings is 1. The topological polar surface area (TPSA) is 65.7 Å². The van der Waals surface area contributed by atoms with Gasteiger partial charge in [0.25, 0.3) is 5.56 Å². The van der Waals surface area contributed by atoms with Gasteiger partial charge in [-0.25, -0.2) is 0 Å². The maximum atomic E-state index is 12.9. The van der Waals surface area contributed by atoms with Crippen molar-refractivity contribution in [1.82, 2.24) is 14.6 Å². The first-order valence-corrected chi connectivity index (χ1v) is 11.3. The monoisotopic (exact) mass is 455 g/mol. The molecule has 2 aromatic heterocycles. The first-order valence-electron chi connectivity index (χ1n) is 10.4. The summed E-state index contributed by atoms with van der Waals surface area (Å²) in [4.78, 5) is 18.1. The predicted molar refractivity (Wildman–Crippen MR) is 130 cm³/mol. The van der Waals surface area contributed by atoms with Gasteiger partial charge in [0.2, 0.25) is 4.96 Å². The first-order chi connectivity index (χ1) is 16.1. The zero-order valence-electron chi connectivity index (χ0n) is 18.2. The highest BCUT2D eigenvalue weighted by atomic mass is 32.1. The van der Waals surface area contributed by atoms with Gasteiger partial charge in [0.15, 0.2) is 17.3 Å². The van der Waals surface area contributed by atoms with Gasteiger partial charge in [-0.1, -0.05) is 72.0 Å². The minimum Gasteiger partial charge on any atom is -0.493 e. The maximum absolute atomic E-state index is 12.9. The number of rotatable bonds is 6. The molecule has 0 aliphatic rings. The van der Waals surface area contributed by atoms with Crippen molar-refractivity contribution in [2.45, 2.75) is 13.5 Å². The second kappa shape index (κ2) is 8.88. The molecule has 0 radical (unpaired) electrons. The quantitative estimate of drug-likeness (QED) is 0.383. The Labute approximate surface area is 194 Å². The third-order valence-corrected chi connectivity index (χ3v) is 6.25. The molecule has 3 aromatic carbocycles. The van der Waals surface area contributed by atoms with Crippen LogP contribution in [-0.4, -0.2) is 21.7 Å². The lowest BCUT2D eigenvalue weighted by molar-refractivity contribution is 0.284. The molecule has 0 unspecified atom stereocenters. The molecule has 6 nitrogen and oxygen atoms in total. The normalized spacial score (nSPS) is 11.8. The van der Waals surface area contributed by atoms with Gasteiger partial charge in [-0.15, -0.1) is 5.10 Å². The van der Waals surface area contributed by atoms with Gasteiger partial charge in [0.1, 0.15) is 6.61 Å². The summed E-state index contributed by atoms with van der Waals surface area (Å²) in [5.74, 6) is 1.81. The van der Waals surface area contributed by atoms with Crippen molar-refractivity contribution in [1.29, 1.82) is 0 Å². The molecule has 33 heavy (non-hydrogen) atoms. The lowest BCUT2D eigenvalue weighted by atomic mass is 10.1. The van der Waals surface area contributed by atoms with Crippen molar-refractivity contribution in [3.05, 3.63) is 104 Å². The molecule has 0 saturated heterocycles. The summed E-state index contributed by atoms with van der Waals surface area (Å²) >= 11 is 1.31. The van der Waals surface area contributed by atoms with E-state index in [4.69, 9.17) is 9.47 Å². The summed E-state index contributed by atoms with van der Waals surface area (Å²) in [5.41, 5.74) is 3.71. The van der Waals surface area contributed by atoms with E-state index in [-0.39, 0.29) is 5.56 Å². The zero-order valence-corrected chi connectivity index (χ0v) is 19.0. The zero-order chi connectivity index (χ0) is 22.8.